The smallest absolute Gasteiger partial charge is 0.222 e. The molecular formula is C21H30N2O. The third-order valence-corrected chi connectivity index (χ3v) is 6.50. The number of benzene rings is 1. The van der Waals surface area contributed by atoms with Crippen LogP contribution in [0.5, 0.6) is 0 Å². The second kappa shape index (κ2) is 7.26. The van der Waals surface area contributed by atoms with Crippen molar-refractivity contribution in [1.29, 1.82) is 0 Å². The molecule has 3 heteroatoms. The summed E-state index contributed by atoms with van der Waals surface area (Å²) in [5.74, 6) is 2.68. The lowest BCUT2D eigenvalue weighted by Crippen LogP contribution is -2.36. The molecule has 24 heavy (non-hydrogen) atoms. The number of hydrogen-bond donors (Lipinski definition) is 0. The number of likely N-dealkylation sites (tertiary alicyclic amines) is 2. The molecule has 1 aliphatic carbocycles. The van der Waals surface area contributed by atoms with Gasteiger partial charge in [0.1, 0.15) is 0 Å². The molecule has 0 aromatic heterocycles. The van der Waals surface area contributed by atoms with E-state index in [2.05, 4.69) is 40.1 Å². The summed E-state index contributed by atoms with van der Waals surface area (Å²) in [4.78, 5) is 17.4. The van der Waals surface area contributed by atoms with Crippen molar-refractivity contribution in [3.63, 3.8) is 0 Å². The second-order valence-corrected chi connectivity index (χ2v) is 8.16. The Morgan fingerprint density at radius 1 is 0.958 bits per heavy atom. The largest absolute Gasteiger partial charge is 0.342 e. The van der Waals surface area contributed by atoms with Crippen LogP contribution in [0.1, 0.15) is 44.1 Å². The van der Waals surface area contributed by atoms with Crippen molar-refractivity contribution in [2.45, 2.75) is 45.1 Å². The predicted molar refractivity (Wildman–Crippen MR) is 96.5 cm³/mol. The van der Waals surface area contributed by atoms with Gasteiger partial charge in [-0.15, -0.1) is 0 Å². The van der Waals surface area contributed by atoms with Crippen molar-refractivity contribution in [3.05, 3.63) is 35.9 Å². The standard InChI is InChI=1S/C21H30N2O/c24-21(23-15-19-7-4-8-20(19)16-23)13-17-9-11-22(12-10-17)14-18-5-2-1-3-6-18/h1-3,5-6,17,19-20H,4,7-16H2. The minimum Gasteiger partial charge on any atom is -0.342 e. The van der Waals surface area contributed by atoms with Crippen molar-refractivity contribution in [2.24, 2.45) is 17.8 Å². The summed E-state index contributed by atoms with van der Waals surface area (Å²) >= 11 is 0. The zero-order valence-corrected chi connectivity index (χ0v) is 14.7. The molecular weight excluding hydrogens is 296 g/mol. The van der Waals surface area contributed by atoms with Gasteiger partial charge in [-0.05, 0) is 62.1 Å². The van der Waals surface area contributed by atoms with Crippen molar-refractivity contribution in [2.75, 3.05) is 26.2 Å². The number of amides is 1. The molecule has 3 nitrogen and oxygen atoms in total. The summed E-state index contributed by atoms with van der Waals surface area (Å²) in [5, 5.41) is 0. The molecule has 0 bridgehead atoms. The predicted octanol–water partition coefficient (Wildman–Crippen LogP) is 3.55. The third kappa shape index (κ3) is 3.66. The van der Waals surface area contributed by atoms with Crippen molar-refractivity contribution in [3.8, 4) is 0 Å². The maximum Gasteiger partial charge on any atom is 0.222 e. The van der Waals surface area contributed by atoms with Crippen LogP contribution < -0.4 is 0 Å². The molecule has 1 saturated carbocycles. The first-order chi connectivity index (χ1) is 11.8. The average Bonchev–Trinajstić information content (AvgIpc) is 3.19. The van der Waals surface area contributed by atoms with Crippen LogP contribution in [0, 0.1) is 17.8 Å². The van der Waals surface area contributed by atoms with Gasteiger partial charge >= 0.3 is 0 Å². The van der Waals surface area contributed by atoms with Crippen LogP contribution >= 0.6 is 0 Å². The molecule has 4 rings (SSSR count). The van der Waals surface area contributed by atoms with E-state index in [4.69, 9.17) is 0 Å². The Hall–Kier alpha value is -1.35. The summed E-state index contributed by atoms with van der Waals surface area (Å²) in [5.41, 5.74) is 1.40. The topological polar surface area (TPSA) is 23.6 Å². The zero-order valence-electron chi connectivity index (χ0n) is 14.7. The molecule has 1 aromatic carbocycles. The Morgan fingerprint density at radius 3 is 2.29 bits per heavy atom. The normalized spacial score (nSPS) is 28.2. The maximum atomic E-state index is 12.6. The Kier molecular flexibility index (Phi) is 4.88. The van der Waals surface area contributed by atoms with E-state index in [9.17, 15) is 4.79 Å². The number of carbonyl (C=O) groups is 1. The minimum atomic E-state index is 0.436. The highest BCUT2D eigenvalue weighted by Gasteiger charge is 2.38. The van der Waals surface area contributed by atoms with E-state index in [0.717, 1.165) is 51.0 Å². The lowest BCUT2D eigenvalue weighted by molar-refractivity contribution is -0.131. The van der Waals surface area contributed by atoms with E-state index < -0.39 is 0 Å². The van der Waals surface area contributed by atoms with Gasteiger partial charge in [-0.2, -0.15) is 0 Å². The van der Waals surface area contributed by atoms with Crippen LogP contribution in [0.15, 0.2) is 30.3 Å². The molecule has 2 saturated heterocycles. The fourth-order valence-corrected chi connectivity index (χ4v) is 5.01. The molecule has 0 radical (unpaired) electrons. The van der Waals surface area contributed by atoms with E-state index in [1.54, 1.807) is 0 Å². The second-order valence-electron chi connectivity index (χ2n) is 8.16. The number of nitrogens with zero attached hydrogens (tertiary/aromatic N) is 2. The minimum absolute atomic E-state index is 0.436. The van der Waals surface area contributed by atoms with E-state index in [0.29, 0.717) is 11.8 Å². The Labute approximate surface area is 146 Å². The highest BCUT2D eigenvalue weighted by atomic mass is 16.2. The van der Waals surface area contributed by atoms with Crippen LogP contribution in [0.4, 0.5) is 0 Å². The van der Waals surface area contributed by atoms with Gasteiger partial charge in [0.2, 0.25) is 5.91 Å². The quantitative estimate of drug-likeness (QED) is 0.845. The van der Waals surface area contributed by atoms with Gasteiger partial charge in [-0.25, -0.2) is 0 Å². The highest BCUT2D eigenvalue weighted by Crippen LogP contribution is 2.38. The fourth-order valence-electron chi connectivity index (χ4n) is 5.01. The molecule has 0 spiro atoms. The lowest BCUT2D eigenvalue weighted by atomic mass is 9.92. The Balaban J connectivity index is 1.21. The molecule has 3 fully saturated rings. The number of hydrogen-bond acceptors (Lipinski definition) is 2. The maximum absolute atomic E-state index is 12.6. The van der Waals surface area contributed by atoms with Crippen LogP contribution in [-0.2, 0) is 11.3 Å². The summed E-state index contributed by atoms with van der Waals surface area (Å²) in [6.45, 7) is 5.43. The van der Waals surface area contributed by atoms with Gasteiger partial charge in [0.05, 0.1) is 0 Å². The lowest BCUT2D eigenvalue weighted by Gasteiger charge is -2.32. The van der Waals surface area contributed by atoms with Crippen molar-refractivity contribution in [1.82, 2.24) is 9.80 Å². The molecule has 130 valence electrons. The monoisotopic (exact) mass is 326 g/mol. The van der Waals surface area contributed by atoms with Crippen LogP contribution in [0.3, 0.4) is 0 Å². The first-order valence-electron chi connectivity index (χ1n) is 9.82. The van der Waals surface area contributed by atoms with Gasteiger partial charge in [-0.1, -0.05) is 36.8 Å². The van der Waals surface area contributed by atoms with Gasteiger partial charge in [0, 0.05) is 26.1 Å². The van der Waals surface area contributed by atoms with Gasteiger partial charge in [0.25, 0.3) is 0 Å². The summed E-state index contributed by atoms with van der Waals surface area (Å²) in [6, 6.07) is 10.7. The van der Waals surface area contributed by atoms with Crippen LogP contribution in [0.25, 0.3) is 0 Å². The Morgan fingerprint density at radius 2 is 1.62 bits per heavy atom. The highest BCUT2D eigenvalue weighted by molar-refractivity contribution is 5.76. The molecule has 2 unspecified atom stereocenters. The third-order valence-electron chi connectivity index (χ3n) is 6.50. The summed E-state index contributed by atoms with van der Waals surface area (Å²) < 4.78 is 0. The zero-order chi connectivity index (χ0) is 16.4. The number of piperidine rings is 1. The van der Waals surface area contributed by atoms with Gasteiger partial charge in [0.15, 0.2) is 0 Å². The van der Waals surface area contributed by atoms with E-state index >= 15 is 0 Å². The fraction of sp³-hybridized carbons (Fsp3) is 0.667. The number of carbonyl (C=O) groups excluding carboxylic acids is 1. The molecule has 2 aliphatic heterocycles. The SMILES string of the molecule is O=C(CC1CCN(Cc2ccccc2)CC1)N1CC2CCCC2C1. The van der Waals surface area contributed by atoms with E-state index in [-0.39, 0.29) is 0 Å². The number of fused-ring (bicyclic) bond motifs is 1. The first-order valence-corrected chi connectivity index (χ1v) is 9.82. The Bertz CT molecular complexity index is 538. The van der Waals surface area contributed by atoms with Crippen molar-refractivity contribution >= 4 is 5.91 Å². The summed E-state index contributed by atoms with van der Waals surface area (Å²) in [7, 11) is 0. The molecule has 1 aromatic rings. The molecule has 2 atom stereocenters. The first kappa shape index (κ1) is 16.1. The van der Waals surface area contributed by atoms with Crippen molar-refractivity contribution < 1.29 is 4.79 Å². The van der Waals surface area contributed by atoms with Gasteiger partial charge in [-0.3, -0.25) is 9.69 Å². The van der Waals surface area contributed by atoms with E-state index in [1.165, 1.54) is 37.7 Å². The average molecular weight is 326 g/mol. The molecule has 1 amide bonds. The molecule has 2 heterocycles. The summed E-state index contributed by atoms with van der Waals surface area (Å²) in [6.07, 6.45) is 7.24. The molecule has 0 N–H and O–H groups in total. The van der Waals surface area contributed by atoms with Crippen LogP contribution in [0.2, 0.25) is 0 Å². The molecule has 3 aliphatic rings. The van der Waals surface area contributed by atoms with Crippen LogP contribution in [-0.4, -0.2) is 41.9 Å². The van der Waals surface area contributed by atoms with Gasteiger partial charge < -0.3 is 4.90 Å². The van der Waals surface area contributed by atoms with E-state index in [1.807, 2.05) is 0 Å². The number of rotatable bonds is 4.